The molecule has 0 saturated carbocycles. The maximum Gasteiger partial charge on any atom is 0.270 e. The largest absolute Gasteiger partial charge is 0.484 e. The summed E-state index contributed by atoms with van der Waals surface area (Å²) >= 11 is 3.32. The Kier molecular flexibility index (Phi) is 5.28. The fourth-order valence-electron chi connectivity index (χ4n) is 2.18. The number of carbonyl (C=O) groups excluding carboxylic acids is 1. The molecule has 8 nitrogen and oxygen atoms in total. The Morgan fingerprint density at radius 2 is 2.00 bits per heavy atom. The maximum absolute atomic E-state index is 12.0. The van der Waals surface area contributed by atoms with E-state index in [0.717, 1.165) is 4.47 Å². The van der Waals surface area contributed by atoms with E-state index in [0.29, 0.717) is 22.8 Å². The van der Waals surface area contributed by atoms with Crippen LogP contribution in [0.1, 0.15) is 0 Å². The van der Waals surface area contributed by atoms with Crippen LogP contribution in [0.4, 0.5) is 11.5 Å². The van der Waals surface area contributed by atoms with Crippen LogP contribution in [0.5, 0.6) is 5.75 Å². The van der Waals surface area contributed by atoms with Crippen molar-refractivity contribution < 1.29 is 14.5 Å². The molecule has 2 N–H and O–H groups in total. The first-order valence-corrected chi connectivity index (χ1v) is 8.29. The van der Waals surface area contributed by atoms with Crippen LogP contribution in [-0.4, -0.2) is 27.6 Å². The van der Waals surface area contributed by atoms with Gasteiger partial charge in [0.25, 0.3) is 11.6 Å². The van der Waals surface area contributed by atoms with E-state index in [4.69, 9.17) is 4.74 Å². The molecule has 0 radical (unpaired) electrons. The standard InChI is InChI=1S/C17H13BrN4O4/c18-12-4-6-14(7-5-12)26-10-17(23)19-16-9-15(20-21-16)11-2-1-3-13(8-11)22(24)25/h1-9H,10H2,(H2,19,20,21,23). The molecule has 2 aromatic carbocycles. The fourth-order valence-corrected chi connectivity index (χ4v) is 2.44. The van der Waals surface area contributed by atoms with Gasteiger partial charge in [-0.05, 0) is 24.3 Å². The van der Waals surface area contributed by atoms with Crippen molar-refractivity contribution in [3.05, 3.63) is 69.2 Å². The number of nitrogens with zero attached hydrogens (tertiary/aromatic N) is 2. The highest BCUT2D eigenvalue weighted by Crippen LogP contribution is 2.24. The summed E-state index contributed by atoms with van der Waals surface area (Å²) in [6.45, 7) is -0.166. The molecule has 1 aromatic heterocycles. The average Bonchev–Trinajstić information content (AvgIpc) is 3.10. The number of nitro benzene ring substituents is 1. The van der Waals surface area contributed by atoms with Crippen molar-refractivity contribution in [2.75, 3.05) is 11.9 Å². The van der Waals surface area contributed by atoms with Crippen molar-refractivity contribution in [3.63, 3.8) is 0 Å². The molecule has 26 heavy (non-hydrogen) atoms. The lowest BCUT2D eigenvalue weighted by molar-refractivity contribution is -0.384. The summed E-state index contributed by atoms with van der Waals surface area (Å²) in [5.41, 5.74) is 1.13. The van der Waals surface area contributed by atoms with Gasteiger partial charge in [-0.3, -0.25) is 20.0 Å². The Balaban J connectivity index is 1.61. The van der Waals surface area contributed by atoms with Gasteiger partial charge in [0.2, 0.25) is 0 Å². The predicted molar refractivity (Wildman–Crippen MR) is 98.9 cm³/mol. The lowest BCUT2D eigenvalue weighted by atomic mass is 10.1. The van der Waals surface area contributed by atoms with Crippen molar-refractivity contribution in [1.82, 2.24) is 10.2 Å². The summed E-state index contributed by atoms with van der Waals surface area (Å²) in [4.78, 5) is 22.3. The van der Waals surface area contributed by atoms with Crippen molar-refractivity contribution >= 4 is 33.3 Å². The lowest BCUT2D eigenvalue weighted by Crippen LogP contribution is -2.20. The Hall–Kier alpha value is -3.20. The third-order valence-electron chi connectivity index (χ3n) is 3.40. The van der Waals surface area contributed by atoms with E-state index >= 15 is 0 Å². The first-order chi connectivity index (χ1) is 12.5. The van der Waals surface area contributed by atoms with Gasteiger partial charge in [-0.1, -0.05) is 28.1 Å². The molecule has 0 aliphatic carbocycles. The van der Waals surface area contributed by atoms with Gasteiger partial charge in [-0.15, -0.1) is 0 Å². The average molecular weight is 417 g/mol. The monoisotopic (exact) mass is 416 g/mol. The molecule has 0 saturated heterocycles. The number of ether oxygens (including phenoxy) is 1. The number of H-pyrrole nitrogens is 1. The summed E-state index contributed by atoms with van der Waals surface area (Å²) < 4.78 is 6.30. The van der Waals surface area contributed by atoms with Gasteiger partial charge in [0.1, 0.15) is 5.75 Å². The smallest absolute Gasteiger partial charge is 0.270 e. The van der Waals surface area contributed by atoms with Crippen molar-refractivity contribution in [2.24, 2.45) is 0 Å². The zero-order chi connectivity index (χ0) is 18.5. The molecule has 0 unspecified atom stereocenters. The van der Waals surface area contributed by atoms with E-state index < -0.39 is 4.92 Å². The van der Waals surface area contributed by atoms with Gasteiger partial charge < -0.3 is 10.1 Å². The first-order valence-electron chi connectivity index (χ1n) is 7.50. The van der Waals surface area contributed by atoms with Crippen LogP contribution in [0.25, 0.3) is 11.3 Å². The van der Waals surface area contributed by atoms with E-state index in [1.54, 1.807) is 30.3 Å². The van der Waals surface area contributed by atoms with Gasteiger partial charge in [0.15, 0.2) is 12.4 Å². The Morgan fingerprint density at radius 1 is 1.23 bits per heavy atom. The second-order valence-corrected chi connectivity index (χ2v) is 6.18. The molecule has 0 bridgehead atoms. The van der Waals surface area contributed by atoms with E-state index in [2.05, 4.69) is 31.4 Å². The quantitative estimate of drug-likeness (QED) is 0.469. The maximum atomic E-state index is 12.0. The van der Waals surface area contributed by atoms with E-state index in [9.17, 15) is 14.9 Å². The third kappa shape index (κ3) is 4.45. The lowest BCUT2D eigenvalue weighted by Gasteiger charge is -2.05. The van der Waals surface area contributed by atoms with Crippen LogP contribution < -0.4 is 10.1 Å². The number of non-ortho nitro benzene ring substituents is 1. The third-order valence-corrected chi connectivity index (χ3v) is 3.93. The van der Waals surface area contributed by atoms with Crippen LogP contribution in [0.2, 0.25) is 0 Å². The number of rotatable bonds is 6. The fraction of sp³-hybridized carbons (Fsp3) is 0.0588. The molecule has 0 fully saturated rings. The minimum atomic E-state index is -0.470. The molecule has 0 aliphatic heterocycles. The molecule has 1 heterocycles. The van der Waals surface area contributed by atoms with Gasteiger partial charge >= 0.3 is 0 Å². The van der Waals surface area contributed by atoms with Gasteiger partial charge in [-0.2, -0.15) is 5.10 Å². The summed E-state index contributed by atoms with van der Waals surface area (Å²) in [6.07, 6.45) is 0. The number of benzene rings is 2. The van der Waals surface area contributed by atoms with Crippen molar-refractivity contribution in [3.8, 4) is 17.0 Å². The Labute approximate surface area is 156 Å². The van der Waals surface area contributed by atoms with Crippen molar-refractivity contribution in [2.45, 2.75) is 0 Å². The summed E-state index contributed by atoms with van der Waals surface area (Å²) in [5, 5.41) is 20.2. The van der Waals surface area contributed by atoms with Gasteiger partial charge in [0.05, 0.1) is 10.6 Å². The van der Waals surface area contributed by atoms with Crippen molar-refractivity contribution in [1.29, 1.82) is 0 Å². The molecule has 1 amide bonds. The number of anilines is 1. The van der Waals surface area contributed by atoms with Crippen LogP contribution in [0, 0.1) is 10.1 Å². The number of nitrogens with one attached hydrogen (secondary N) is 2. The summed E-state index contributed by atoms with van der Waals surface area (Å²) in [6, 6.07) is 14.8. The normalized spacial score (nSPS) is 10.3. The van der Waals surface area contributed by atoms with Crippen LogP contribution >= 0.6 is 15.9 Å². The molecular weight excluding hydrogens is 404 g/mol. The number of amides is 1. The van der Waals surface area contributed by atoms with Crippen LogP contribution in [-0.2, 0) is 4.79 Å². The molecule has 0 atom stereocenters. The van der Waals surface area contributed by atoms with Crippen LogP contribution in [0.15, 0.2) is 59.1 Å². The minimum absolute atomic E-state index is 0.0226. The second kappa shape index (κ2) is 7.79. The number of aromatic nitrogens is 2. The summed E-state index contributed by atoms with van der Waals surface area (Å²) in [7, 11) is 0. The number of nitro groups is 1. The highest BCUT2D eigenvalue weighted by molar-refractivity contribution is 9.10. The number of hydrogen-bond donors (Lipinski definition) is 2. The van der Waals surface area contributed by atoms with E-state index in [1.165, 1.54) is 12.1 Å². The number of hydrogen-bond acceptors (Lipinski definition) is 5. The van der Waals surface area contributed by atoms with E-state index in [1.807, 2.05) is 12.1 Å². The SMILES string of the molecule is O=C(COc1ccc(Br)cc1)Nc1cc(-c2cccc([N+](=O)[O-])c2)[nH]n1. The Bertz CT molecular complexity index is 940. The highest BCUT2D eigenvalue weighted by atomic mass is 79.9. The zero-order valence-corrected chi connectivity index (χ0v) is 14.9. The number of carbonyl (C=O) groups is 1. The van der Waals surface area contributed by atoms with Crippen LogP contribution in [0.3, 0.4) is 0 Å². The molecule has 0 aliphatic rings. The first kappa shape index (κ1) is 17.6. The molecule has 3 aromatic rings. The van der Waals surface area contributed by atoms with E-state index in [-0.39, 0.29) is 18.2 Å². The second-order valence-electron chi connectivity index (χ2n) is 5.27. The predicted octanol–water partition coefficient (Wildman–Crippen LogP) is 3.76. The Morgan fingerprint density at radius 3 is 2.73 bits per heavy atom. The number of halogens is 1. The molecular formula is C17H13BrN4O4. The zero-order valence-electron chi connectivity index (χ0n) is 13.3. The number of aromatic amines is 1. The molecule has 0 spiro atoms. The summed E-state index contributed by atoms with van der Waals surface area (Å²) in [5.74, 6) is 0.503. The van der Waals surface area contributed by atoms with Gasteiger partial charge in [-0.25, -0.2) is 0 Å². The minimum Gasteiger partial charge on any atom is -0.484 e. The molecule has 9 heteroatoms. The molecule has 3 rings (SSSR count). The van der Waals surface area contributed by atoms with Gasteiger partial charge in [0, 0.05) is 28.2 Å². The topological polar surface area (TPSA) is 110 Å². The highest BCUT2D eigenvalue weighted by Gasteiger charge is 2.11. The molecule has 132 valence electrons.